The van der Waals surface area contributed by atoms with E-state index in [1.807, 2.05) is 6.07 Å². The van der Waals surface area contributed by atoms with E-state index in [2.05, 4.69) is 43.1 Å². The van der Waals surface area contributed by atoms with Crippen LogP contribution in [0.4, 0.5) is 0 Å². The van der Waals surface area contributed by atoms with Crippen molar-refractivity contribution in [2.75, 3.05) is 27.2 Å². The van der Waals surface area contributed by atoms with Crippen LogP contribution in [0.5, 0.6) is 5.75 Å². The van der Waals surface area contributed by atoms with Crippen LogP contribution in [0.3, 0.4) is 0 Å². The third-order valence-corrected chi connectivity index (χ3v) is 3.14. The molecule has 0 aliphatic carbocycles. The Morgan fingerprint density at radius 2 is 2.19 bits per heavy atom. The monoisotopic (exact) mass is 217 g/mol. The second kappa shape index (κ2) is 4.71. The van der Waals surface area contributed by atoms with Gasteiger partial charge in [-0.1, -0.05) is 25.1 Å². The average Bonchev–Trinajstić information content (AvgIpc) is 2.29. The molecule has 1 atom stereocenters. The molecule has 1 heterocycles. The maximum absolute atomic E-state index is 5.26. The Hall–Kier alpha value is -1.28. The van der Waals surface area contributed by atoms with E-state index in [1.54, 1.807) is 7.11 Å². The van der Waals surface area contributed by atoms with Gasteiger partial charge in [-0.05, 0) is 36.2 Å². The SMILES string of the molecule is COc1cccc(C2=CCN(C)CC2C)c1. The Kier molecular flexibility index (Phi) is 3.30. The Balaban J connectivity index is 2.29. The first kappa shape index (κ1) is 11.2. The molecule has 0 saturated heterocycles. The first-order valence-electron chi connectivity index (χ1n) is 5.73. The Morgan fingerprint density at radius 3 is 2.88 bits per heavy atom. The summed E-state index contributed by atoms with van der Waals surface area (Å²) in [6.07, 6.45) is 2.32. The summed E-state index contributed by atoms with van der Waals surface area (Å²) in [5.41, 5.74) is 2.73. The van der Waals surface area contributed by atoms with E-state index < -0.39 is 0 Å². The lowest BCUT2D eigenvalue weighted by Crippen LogP contribution is -2.29. The Labute approximate surface area is 97.5 Å². The summed E-state index contributed by atoms with van der Waals surface area (Å²) in [6, 6.07) is 8.33. The molecule has 0 spiro atoms. The summed E-state index contributed by atoms with van der Waals surface area (Å²) in [5.74, 6) is 1.52. The normalized spacial score (nSPS) is 21.7. The molecule has 1 aliphatic rings. The van der Waals surface area contributed by atoms with Crippen molar-refractivity contribution in [3.8, 4) is 5.75 Å². The van der Waals surface area contributed by atoms with Crippen LogP contribution < -0.4 is 4.74 Å². The quantitative estimate of drug-likeness (QED) is 0.755. The minimum Gasteiger partial charge on any atom is -0.497 e. The van der Waals surface area contributed by atoms with Gasteiger partial charge >= 0.3 is 0 Å². The molecule has 1 aromatic rings. The van der Waals surface area contributed by atoms with Gasteiger partial charge in [-0.15, -0.1) is 0 Å². The predicted molar refractivity (Wildman–Crippen MR) is 67.6 cm³/mol. The number of rotatable bonds is 2. The molecular formula is C14H19NO. The summed E-state index contributed by atoms with van der Waals surface area (Å²) in [6.45, 7) is 4.45. The molecule has 0 aromatic heterocycles. The molecule has 0 bridgehead atoms. The summed E-state index contributed by atoms with van der Waals surface area (Å²) >= 11 is 0. The van der Waals surface area contributed by atoms with Crippen molar-refractivity contribution < 1.29 is 4.74 Å². The molecule has 86 valence electrons. The zero-order chi connectivity index (χ0) is 11.5. The van der Waals surface area contributed by atoms with Gasteiger partial charge in [-0.2, -0.15) is 0 Å². The Morgan fingerprint density at radius 1 is 1.38 bits per heavy atom. The summed E-state index contributed by atoms with van der Waals surface area (Å²) < 4.78 is 5.26. The van der Waals surface area contributed by atoms with E-state index in [-0.39, 0.29) is 0 Å². The highest BCUT2D eigenvalue weighted by Crippen LogP contribution is 2.29. The molecule has 2 rings (SSSR count). The lowest BCUT2D eigenvalue weighted by atomic mass is 9.90. The Bertz CT molecular complexity index is 397. The highest BCUT2D eigenvalue weighted by atomic mass is 16.5. The number of nitrogens with zero attached hydrogens (tertiary/aromatic N) is 1. The fourth-order valence-corrected chi connectivity index (χ4v) is 2.30. The van der Waals surface area contributed by atoms with E-state index in [1.165, 1.54) is 11.1 Å². The van der Waals surface area contributed by atoms with Crippen molar-refractivity contribution in [3.05, 3.63) is 35.9 Å². The van der Waals surface area contributed by atoms with Crippen LogP contribution in [0.1, 0.15) is 12.5 Å². The molecule has 1 aromatic carbocycles. The molecule has 0 fully saturated rings. The predicted octanol–water partition coefficient (Wildman–Crippen LogP) is 2.66. The molecule has 0 amide bonds. The minimum atomic E-state index is 0.589. The molecule has 2 heteroatoms. The average molecular weight is 217 g/mol. The maximum Gasteiger partial charge on any atom is 0.119 e. The summed E-state index contributed by atoms with van der Waals surface area (Å²) in [5, 5.41) is 0. The van der Waals surface area contributed by atoms with E-state index in [0.29, 0.717) is 5.92 Å². The van der Waals surface area contributed by atoms with Crippen LogP contribution in [-0.2, 0) is 0 Å². The number of hydrogen-bond donors (Lipinski definition) is 0. The van der Waals surface area contributed by atoms with Crippen LogP contribution in [0.25, 0.3) is 5.57 Å². The van der Waals surface area contributed by atoms with Gasteiger partial charge in [0.05, 0.1) is 7.11 Å². The van der Waals surface area contributed by atoms with Gasteiger partial charge in [0.15, 0.2) is 0 Å². The van der Waals surface area contributed by atoms with Crippen molar-refractivity contribution in [2.24, 2.45) is 5.92 Å². The van der Waals surface area contributed by atoms with Gasteiger partial charge in [0.1, 0.15) is 5.75 Å². The van der Waals surface area contributed by atoms with Gasteiger partial charge in [-0.25, -0.2) is 0 Å². The number of methoxy groups -OCH3 is 1. The third kappa shape index (κ3) is 2.27. The number of hydrogen-bond acceptors (Lipinski definition) is 2. The standard InChI is InChI=1S/C14H19NO/c1-11-10-15(2)8-7-14(11)12-5-4-6-13(9-12)16-3/h4-7,9,11H,8,10H2,1-3H3. The molecule has 0 saturated carbocycles. The van der Waals surface area contributed by atoms with Crippen LogP contribution in [0, 0.1) is 5.92 Å². The van der Waals surface area contributed by atoms with E-state index in [0.717, 1.165) is 18.8 Å². The van der Waals surface area contributed by atoms with Crippen molar-refractivity contribution in [3.63, 3.8) is 0 Å². The zero-order valence-corrected chi connectivity index (χ0v) is 10.2. The second-order valence-electron chi connectivity index (χ2n) is 4.51. The number of ether oxygens (including phenoxy) is 1. The van der Waals surface area contributed by atoms with Gasteiger partial charge in [0, 0.05) is 13.1 Å². The molecule has 1 unspecified atom stereocenters. The van der Waals surface area contributed by atoms with Crippen LogP contribution in [0.2, 0.25) is 0 Å². The van der Waals surface area contributed by atoms with Crippen molar-refractivity contribution >= 4 is 5.57 Å². The van der Waals surface area contributed by atoms with Gasteiger partial charge in [0.25, 0.3) is 0 Å². The number of benzene rings is 1. The minimum absolute atomic E-state index is 0.589. The largest absolute Gasteiger partial charge is 0.497 e. The summed E-state index contributed by atoms with van der Waals surface area (Å²) in [7, 11) is 3.88. The van der Waals surface area contributed by atoms with Gasteiger partial charge < -0.3 is 9.64 Å². The maximum atomic E-state index is 5.26. The van der Waals surface area contributed by atoms with E-state index in [4.69, 9.17) is 4.74 Å². The van der Waals surface area contributed by atoms with E-state index >= 15 is 0 Å². The van der Waals surface area contributed by atoms with Crippen molar-refractivity contribution in [2.45, 2.75) is 6.92 Å². The van der Waals surface area contributed by atoms with Gasteiger partial charge in [-0.3, -0.25) is 0 Å². The smallest absolute Gasteiger partial charge is 0.119 e. The highest BCUT2D eigenvalue weighted by molar-refractivity contribution is 5.69. The van der Waals surface area contributed by atoms with Crippen molar-refractivity contribution in [1.29, 1.82) is 0 Å². The lowest BCUT2D eigenvalue weighted by Gasteiger charge is -2.28. The molecule has 2 nitrogen and oxygen atoms in total. The zero-order valence-electron chi connectivity index (χ0n) is 10.2. The van der Waals surface area contributed by atoms with Crippen molar-refractivity contribution in [1.82, 2.24) is 4.90 Å². The van der Waals surface area contributed by atoms with Crippen LogP contribution >= 0.6 is 0 Å². The third-order valence-electron chi connectivity index (χ3n) is 3.14. The fraction of sp³-hybridized carbons (Fsp3) is 0.429. The lowest BCUT2D eigenvalue weighted by molar-refractivity contribution is 0.329. The first-order chi connectivity index (χ1) is 7.70. The molecule has 0 N–H and O–H groups in total. The van der Waals surface area contributed by atoms with Crippen LogP contribution in [-0.4, -0.2) is 32.1 Å². The van der Waals surface area contributed by atoms with Gasteiger partial charge in [0.2, 0.25) is 0 Å². The summed E-state index contributed by atoms with van der Waals surface area (Å²) in [4.78, 5) is 2.34. The molecule has 0 radical (unpaired) electrons. The molecule has 1 aliphatic heterocycles. The number of likely N-dealkylation sites (N-methyl/N-ethyl adjacent to an activating group) is 1. The fourth-order valence-electron chi connectivity index (χ4n) is 2.30. The second-order valence-corrected chi connectivity index (χ2v) is 4.51. The molecule has 16 heavy (non-hydrogen) atoms. The van der Waals surface area contributed by atoms with Crippen LogP contribution in [0.15, 0.2) is 30.3 Å². The molecular weight excluding hydrogens is 198 g/mol. The highest BCUT2D eigenvalue weighted by Gasteiger charge is 2.17. The first-order valence-corrected chi connectivity index (χ1v) is 5.73. The van der Waals surface area contributed by atoms with E-state index in [9.17, 15) is 0 Å². The topological polar surface area (TPSA) is 12.5 Å².